The highest BCUT2D eigenvalue weighted by Gasteiger charge is 2.09. The summed E-state index contributed by atoms with van der Waals surface area (Å²) in [6.45, 7) is 1.85. The molecule has 0 spiro atoms. The van der Waals surface area contributed by atoms with E-state index in [2.05, 4.69) is 10.3 Å². The van der Waals surface area contributed by atoms with Crippen molar-refractivity contribution in [2.75, 3.05) is 13.1 Å². The molecule has 0 unspecified atom stereocenters. The van der Waals surface area contributed by atoms with Gasteiger partial charge in [-0.05, 0) is 47.6 Å². The fourth-order valence-corrected chi connectivity index (χ4v) is 1.95. The fourth-order valence-electron chi connectivity index (χ4n) is 1.47. The third-order valence-electron chi connectivity index (χ3n) is 2.29. The lowest BCUT2D eigenvalue weighted by atomic mass is 10.3. The normalized spacial score (nSPS) is 16.5. The van der Waals surface area contributed by atoms with Crippen LogP contribution in [0.5, 0.6) is 0 Å². The Morgan fingerprint density at radius 2 is 2.00 bits per heavy atom. The number of benzene rings is 1. The van der Waals surface area contributed by atoms with Crippen LogP contribution >= 0.6 is 22.6 Å². The summed E-state index contributed by atoms with van der Waals surface area (Å²) in [6.07, 6.45) is 2.29. The molecule has 1 aromatic carbocycles. The van der Waals surface area contributed by atoms with E-state index in [0.717, 1.165) is 25.9 Å². The summed E-state index contributed by atoms with van der Waals surface area (Å²) in [5, 5.41) is 9.80. The van der Waals surface area contributed by atoms with Crippen molar-refractivity contribution in [2.24, 2.45) is 10.3 Å². The van der Waals surface area contributed by atoms with E-state index >= 15 is 0 Å². The molecule has 0 bridgehead atoms. The quantitative estimate of drug-likeness (QED) is 0.605. The van der Waals surface area contributed by atoms with Gasteiger partial charge in [-0.2, -0.15) is 0 Å². The van der Waals surface area contributed by atoms with Crippen molar-refractivity contribution in [1.82, 2.24) is 5.01 Å². The average Bonchev–Trinajstić information content (AvgIpc) is 2.73. The fraction of sp³-hybridized carbons (Fsp3) is 0.400. The molecule has 1 saturated heterocycles. The zero-order chi connectivity index (χ0) is 10.7. The van der Waals surface area contributed by atoms with Crippen molar-refractivity contribution in [2.45, 2.75) is 12.8 Å². The number of nitrogens with zero attached hydrogens (tertiary/aromatic N) is 3. The van der Waals surface area contributed by atoms with E-state index in [1.165, 1.54) is 0 Å². The largest absolute Gasteiger partial charge is 0.278 e. The molecule has 0 amide bonds. The van der Waals surface area contributed by atoms with Gasteiger partial charge in [-0.1, -0.05) is 11.3 Å². The molecule has 1 heterocycles. The molecule has 3 nitrogen and oxygen atoms in total. The molecule has 5 heteroatoms. The molecule has 1 fully saturated rings. The Morgan fingerprint density at radius 1 is 1.27 bits per heavy atom. The SMILES string of the molecule is Fc1c(I)cccc1/N=N/N1CCCC1. The lowest BCUT2D eigenvalue weighted by Crippen LogP contribution is -2.09. The van der Waals surface area contributed by atoms with Gasteiger partial charge in [0, 0.05) is 13.1 Å². The van der Waals surface area contributed by atoms with Crippen LogP contribution in [0, 0.1) is 9.39 Å². The molecule has 1 aliphatic rings. The molecule has 2 rings (SSSR count). The van der Waals surface area contributed by atoms with Gasteiger partial charge in [0.25, 0.3) is 0 Å². The summed E-state index contributed by atoms with van der Waals surface area (Å²) in [4.78, 5) is 0. The summed E-state index contributed by atoms with van der Waals surface area (Å²) in [5.41, 5.74) is 0.314. The molecule has 0 N–H and O–H groups in total. The van der Waals surface area contributed by atoms with Crippen molar-refractivity contribution in [3.05, 3.63) is 27.6 Å². The second-order valence-electron chi connectivity index (χ2n) is 3.42. The molecule has 80 valence electrons. The van der Waals surface area contributed by atoms with Crippen LogP contribution in [0.25, 0.3) is 0 Å². The van der Waals surface area contributed by atoms with Crippen LogP contribution in [0.2, 0.25) is 0 Å². The summed E-state index contributed by atoms with van der Waals surface area (Å²) in [7, 11) is 0. The van der Waals surface area contributed by atoms with Crippen LogP contribution in [0.15, 0.2) is 28.5 Å². The van der Waals surface area contributed by atoms with E-state index in [0.29, 0.717) is 9.26 Å². The first-order valence-electron chi connectivity index (χ1n) is 4.88. The topological polar surface area (TPSA) is 28.0 Å². The third kappa shape index (κ3) is 2.64. The zero-order valence-electron chi connectivity index (χ0n) is 8.16. The third-order valence-corrected chi connectivity index (χ3v) is 3.13. The lowest BCUT2D eigenvalue weighted by molar-refractivity contribution is 0.336. The maximum atomic E-state index is 13.5. The Labute approximate surface area is 101 Å². The van der Waals surface area contributed by atoms with E-state index in [-0.39, 0.29) is 5.82 Å². The molecule has 1 aromatic rings. The predicted molar refractivity (Wildman–Crippen MR) is 64.4 cm³/mol. The molecule has 1 aliphatic heterocycles. The van der Waals surface area contributed by atoms with Crippen LogP contribution in [-0.2, 0) is 0 Å². The monoisotopic (exact) mass is 319 g/mol. The van der Waals surface area contributed by atoms with Gasteiger partial charge in [0.2, 0.25) is 0 Å². The molecule has 0 atom stereocenters. The number of rotatable bonds is 2. The second-order valence-corrected chi connectivity index (χ2v) is 4.59. The summed E-state index contributed by atoms with van der Waals surface area (Å²) >= 11 is 1.95. The summed E-state index contributed by atoms with van der Waals surface area (Å²) < 4.78 is 14.1. The van der Waals surface area contributed by atoms with Crippen LogP contribution < -0.4 is 0 Å². The van der Waals surface area contributed by atoms with Crippen LogP contribution in [0.3, 0.4) is 0 Å². The molecule has 0 aliphatic carbocycles. The van der Waals surface area contributed by atoms with Gasteiger partial charge >= 0.3 is 0 Å². The van der Waals surface area contributed by atoms with Crippen LogP contribution in [0.1, 0.15) is 12.8 Å². The van der Waals surface area contributed by atoms with Crippen molar-refractivity contribution < 1.29 is 4.39 Å². The van der Waals surface area contributed by atoms with E-state index < -0.39 is 0 Å². The molecular weight excluding hydrogens is 308 g/mol. The zero-order valence-corrected chi connectivity index (χ0v) is 10.3. The highest BCUT2D eigenvalue weighted by Crippen LogP contribution is 2.23. The van der Waals surface area contributed by atoms with E-state index in [9.17, 15) is 4.39 Å². The Balaban J connectivity index is 2.12. The minimum Gasteiger partial charge on any atom is -0.278 e. The van der Waals surface area contributed by atoms with E-state index in [1.54, 1.807) is 18.2 Å². The summed E-state index contributed by atoms with van der Waals surface area (Å²) in [6, 6.07) is 5.13. The maximum absolute atomic E-state index is 13.5. The molecular formula is C10H11FIN3. The Bertz CT molecular complexity index is 375. The van der Waals surface area contributed by atoms with Crippen LogP contribution in [-0.4, -0.2) is 18.1 Å². The van der Waals surface area contributed by atoms with E-state index in [4.69, 9.17) is 0 Å². The molecule has 0 aromatic heterocycles. The number of halogens is 2. The Morgan fingerprint density at radius 3 is 2.73 bits per heavy atom. The van der Waals surface area contributed by atoms with Gasteiger partial charge in [0.1, 0.15) is 5.69 Å². The number of hydrogen-bond acceptors (Lipinski definition) is 2. The molecule has 0 radical (unpaired) electrons. The van der Waals surface area contributed by atoms with Gasteiger partial charge < -0.3 is 0 Å². The average molecular weight is 319 g/mol. The van der Waals surface area contributed by atoms with E-state index in [1.807, 2.05) is 27.6 Å². The first kappa shape index (κ1) is 10.8. The highest BCUT2D eigenvalue weighted by molar-refractivity contribution is 14.1. The smallest absolute Gasteiger partial charge is 0.164 e. The minimum absolute atomic E-state index is 0.291. The van der Waals surface area contributed by atoms with Gasteiger partial charge in [-0.15, -0.1) is 5.11 Å². The van der Waals surface area contributed by atoms with Gasteiger partial charge in [0.05, 0.1) is 3.57 Å². The standard InChI is InChI=1S/C10H11FIN3/c11-10-8(12)4-3-5-9(10)13-14-15-6-1-2-7-15/h3-5H,1-2,6-7H2/b14-13+. The Kier molecular flexibility index (Phi) is 3.50. The first-order chi connectivity index (χ1) is 7.27. The summed E-state index contributed by atoms with van der Waals surface area (Å²) in [5.74, 6) is -0.291. The first-order valence-corrected chi connectivity index (χ1v) is 5.96. The van der Waals surface area contributed by atoms with Crippen LogP contribution in [0.4, 0.5) is 10.1 Å². The molecule has 15 heavy (non-hydrogen) atoms. The Hall–Kier alpha value is -0.720. The van der Waals surface area contributed by atoms with Gasteiger partial charge in [0.15, 0.2) is 5.82 Å². The maximum Gasteiger partial charge on any atom is 0.164 e. The number of hydrogen-bond donors (Lipinski definition) is 0. The van der Waals surface area contributed by atoms with Gasteiger partial charge in [-0.3, -0.25) is 5.01 Å². The highest BCUT2D eigenvalue weighted by atomic mass is 127. The van der Waals surface area contributed by atoms with Gasteiger partial charge in [-0.25, -0.2) is 4.39 Å². The second kappa shape index (κ2) is 4.87. The lowest BCUT2D eigenvalue weighted by Gasteiger charge is -2.07. The minimum atomic E-state index is -0.291. The van der Waals surface area contributed by atoms with Crippen molar-refractivity contribution in [3.8, 4) is 0 Å². The molecule has 0 saturated carbocycles. The van der Waals surface area contributed by atoms with Crippen molar-refractivity contribution in [1.29, 1.82) is 0 Å². The van der Waals surface area contributed by atoms with Crippen molar-refractivity contribution >= 4 is 28.3 Å². The van der Waals surface area contributed by atoms with Crippen molar-refractivity contribution in [3.63, 3.8) is 0 Å². The predicted octanol–water partition coefficient (Wildman–Crippen LogP) is 3.52.